The molecule has 6 heteroatoms. The van der Waals surface area contributed by atoms with Gasteiger partial charge in [-0.15, -0.1) is 0 Å². The van der Waals surface area contributed by atoms with E-state index in [9.17, 15) is 9.90 Å². The molecular weight excluding hydrogens is 318 g/mol. The van der Waals surface area contributed by atoms with Crippen molar-refractivity contribution in [3.05, 3.63) is 66.1 Å². The second-order valence-electron chi connectivity index (χ2n) is 5.95. The number of carbonyl (C=O) groups excluding carboxylic acids is 1. The number of amides is 1. The molecule has 1 atom stereocenters. The highest BCUT2D eigenvalue weighted by atomic mass is 16.5. The van der Waals surface area contributed by atoms with Crippen LogP contribution in [-0.4, -0.2) is 27.7 Å². The van der Waals surface area contributed by atoms with Crippen molar-refractivity contribution < 1.29 is 14.6 Å². The van der Waals surface area contributed by atoms with E-state index in [1.807, 2.05) is 34.9 Å². The van der Waals surface area contributed by atoms with E-state index in [2.05, 4.69) is 10.3 Å². The first-order valence-corrected chi connectivity index (χ1v) is 7.96. The van der Waals surface area contributed by atoms with Crippen LogP contribution in [-0.2, 0) is 4.79 Å². The Kier molecular flexibility index (Phi) is 3.65. The topological polar surface area (TPSA) is 76.4 Å². The van der Waals surface area contributed by atoms with Crippen molar-refractivity contribution in [2.75, 3.05) is 12.4 Å². The Labute approximate surface area is 144 Å². The Hall–Kier alpha value is -3.28. The number of hydrogen-bond acceptors (Lipinski definition) is 4. The van der Waals surface area contributed by atoms with Gasteiger partial charge in [-0.2, -0.15) is 0 Å². The first kappa shape index (κ1) is 15.3. The van der Waals surface area contributed by atoms with Crippen LogP contribution in [0.15, 0.2) is 54.9 Å². The molecule has 0 radical (unpaired) electrons. The molecule has 0 spiro atoms. The van der Waals surface area contributed by atoms with E-state index in [4.69, 9.17) is 4.74 Å². The smallest absolute Gasteiger partial charge is 0.226 e. The lowest BCUT2D eigenvalue weighted by atomic mass is 9.90. The summed E-state index contributed by atoms with van der Waals surface area (Å²) in [4.78, 5) is 16.8. The Morgan fingerprint density at radius 3 is 2.76 bits per heavy atom. The molecule has 6 nitrogen and oxygen atoms in total. The summed E-state index contributed by atoms with van der Waals surface area (Å²) < 4.78 is 7.03. The largest absolute Gasteiger partial charge is 0.508 e. The third-order valence-corrected chi connectivity index (χ3v) is 4.40. The van der Waals surface area contributed by atoms with E-state index in [-0.39, 0.29) is 17.6 Å². The predicted molar refractivity (Wildman–Crippen MR) is 93.3 cm³/mol. The molecule has 1 aliphatic heterocycles. The molecule has 0 bridgehead atoms. The van der Waals surface area contributed by atoms with E-state index >= 15 is 0 Å². The number of hydrogen-bond donors (Lipinski definition) is 2. The first-order valence-electron chi connectivity index (χ1n) is 7.96. The van der Waals surface area contributed by atoms with Gasteiger partial charge in [0, 0.05) is 18.0 Å². The molecule has 2 aromatic carbocycles. The summed E-state index contributed by atoms with van der Waals surface area (Å²) in [6, 6.07) is 14.5. The average Bonchev–Trinajstić information content (AvgIpc) is 3.04. The highest BCUT2D eigenvalue weighted by Crippen LogP contribution is 2.38. The maximum Gasteiger partial charge on any atom is 0.226 e. The number of anilines is 1. The van der Waals surface area contributed by atoms with Gasteiger partial charge in [0.25, 0.3) is 0 Å². The van der Waals surface area contributed by atoms with Crippen molar-refractivity contribution in [2.45, 2.75) is 12.3 Å². The molecule has 25 heavy (non-hydrogen) atoms. The Balaban J connectivity index is 1.78. The molecule has 126 valence electrons. The summed E-state index contributed by atoms with van der Waals surface area (Å²) in [6.45, 7) is 0. The molecule has 0 saturated carbocycles. The summed E-state index contributed by atoms with van der Waals surface area (Å²) in [5.74, 6) is 1.35. The number of imidazole rings is 1. The Morgan fingerprint density at radius 2 is 2.04 bits per heavy atom. The third-order valence-electron chi connectivity index (χ3n) is 4.40. The van der Waals surface area contributed by atoms with Gasteiger partial charge in [0.15, 0.2) is 0 Å². The van der Waals surface area contributed by atoms with E-state index in [1.54, 1.807) is 31.6 Å². The lowest BCUT2D eigenvalue weighted by Gasteiger charge is -2.23. The number of fused-ring (bicyclic) bond motifs is 1. The molecule has 2 heterocycles. The molecule has 1 aliphatic rings. The van der Waals surface area contributed by atoms with E-state index in [1.165, 1.54) is 0 Å². The van der Waals surface area contributed by atoms with Crippen molar-refractivity contribution in [3.8, 4) is 17.2 Å². The number of rotatable bonds is 3. The Morgan fingerprint density at radius 1 is 1.24 bits per heavy atom. The lowest BCUT2D eigenvalue weighted by molar-refractivity contribution is -0.116. The minimum absolute atomic E-state index is 0.0731. The SMILES string of the molecule is COc1ccc(-n2cnc3c2NC(=O)CC3c2cccc(O)c2)cc1. The molecule has 0 aliphatic carbocycles. The fourth-order valence-electron chi connectivity index (χ4n) is 3.16. The standard InChI is InChI=1S/C19H17N3O3/c1-25-15-7-5-13(6-8-15)22-11-20-18-16(10-17(24)21-19(18)22)12-3-2-4-14(23)9-12/h2-9,11,16,23H,10H2,1H3,(H,21,24). The van der Waals surface area contributed by atoms with Gasteiger partial charge in [0.2, 0.25) is 5.91 Å². The van der Waals surface area contributed by atoms with Crippen LogP contribution >= 0.6 is 0 Å². The van der Waals surface area contributed by atoms with Crippen molar-refractivity contribution >= 4 is 11.7 Å². The minimum Gasteiger partial charge on any atom is -0.508 e. The fraction of sp³-hybridized carbons (Fsp3) is 0.158. The van der Waals surface area contributed by atoms with Crippen LogP contribution in [0.4, 0.5) is 5.82 Å². The number of phenolic OH excluding ortho intramolecular Hbond substituents is 1. The van der Waals surface area contributed by atoms with Crippen LogP contribution < -0.4 is 10.1 Å². The van der Waals surface area contributed by atoms with Gasteiger partial charge in [-0.1, -0.05) is 12.1 Å². The van der Waals surface area contributed by atoms with Gasteiger partial charge in [0.05, 0.1) is 12.8 Å². The molecule has 4 rings (SSSR count). The number of nitrogens with one attached hydrogen (secondary N) is 1. The average molecular weight is 335 g/mol. The molecule has 3 aromatic rings. The van der Waals surface area contributed by atoms with Gasteiger partial charge in [-0.25, -0.2) is 4.98 Å². The Bertz CT molecular complexity index is 931. The van der Waals surface area contributed by atoms with Gasteiger partial charge >= 0.3 is 0 Å². The second kappa shape index (κ2) is 5.98. The second-order valence-corrected chi connectivity index (χ2v) is 5.95. The highest BCUT2D eigenvalue weighted by Gasteiger charge is 2.31. The van der Waals surface area contributed by atoms with Crippen LogP contribution in [0, 0.1) is 0 Å². The van der Waals surface area contributed by atoms with E-state index < -0.39 is 0 Å². The molecule has 1 aromatic heterocycles. The van der Waals surface area contributed by atoms with Crippen molar-refractivity contribution in [2.24, 2.45) is 0 Å². The number of methoxy groups -OCH3 is 1. The number of carbonyl (C=O) groups is 1. The monoisotopic (exact) mass is 335 g/mol. The third kappa shape index (κ3) is 2.71. The minimum atomic E-state index is -0.185. The van der Waals surface area contributed by atoms with Gasteiger partial charge in [-0.05, 0) is 42.0 Å². The summed E-state index contributed by atoms with van der Waals surface area (Å²) >= 11 is 0. The summed E-state index contributed by atoms with van der Waals surface area (Å²) in [5, 5.41) is 12.7. The number of aromatic nitrogens is 2. The number of phenols is 1. The molecule has 0 saturated heterocycles. The number of aromatic hydroxyl groups is 1. The molecule has 1 amide bonds. The zero-order valence-corrected chi connectivity index (χ0v) is 13.6. The number of benzene rings is 2. The van der Waals surface area contributed by atoms with Gasteiger partial charge < -0.3 is 15.2 Å². The van der Waals surface area contributed by atoms with Crippen molar-refractivity contribution in [1.29, 1.82) is 0 Å². The van der Waals surface area contributed by atoms with Crippen LogP contribution in [0.1, 0.15) is 23.6 Å². The summed E-state index contributed by atoms with van der Waals surface area (Å²) in [6.07, 6.45) is 2.00. The molecular formula is C19H17N3O3. The fourth-order valence-corrected chi connectivity index (χ4v) is 3.16. The van der Waals surface area contributed by atoms with Crippen molar-refractivity contribution in [3.63, 3.8) is 0 Å². The van der Waals surface area contributed by atoms with Crippen LogP contribution in [0.2, 0.25) is 0 Å². The van der Waals surface area contributed by atoms with Crippen molar-refractivity contribution in [1.82, 2.24) is 9.55 Å². The van der Waals surface area contributed by atoms with Crippen LogP contribution in [0.25, 0.3) is 5.69 Å². The quantitative estimate of drug-likeness (QED) is 0.771. The number of ether oxygens (including phenoxy) is 1. The lowest BCUT2D eigenvalue weighted by Crippen LogP contribution is -2.24. The zero-order valence-electron chi connectivity index (χ0n) is 13.6. The maximum atomic E-state index is 12.2. The highest BCUT2D eigenvalue weighted by molar-refractivity contribution is 5.94. The van der Waals surface area contributed by atoms with E-state index in [0.717, 1.165) is 22.7 Å². The van der Waals surface area contributed by atoms with Gasteiger partial charge in [0.1, 0.15) is 23.6 Å². The predicted octanol–water partition coefficient (Wildman–Crippen LogP) is 3.06. The maximum absolute atomic E-state index is 12.2. The molecule has 2 N–H and O–H groups in total. The van der Waals surface area contributed by atoms with E-state index in [0.29, 0.717) is 12.2 Å². The normalized spacial score (nSPS) is 16.2. The van der Waals surface area contributed by atoms with Crippen LogP contribution in [0.5, 0.6) is 11.5 Å². The summed E-state index contributed by atoms with van der Waals surface area (Å²) in [5.41, 5.74) is 2.54. The zero-order chi connectivity index (χ0) is 17.4. The molecule has 0 fully saturated rings. The number of nitrogens with zero attached hydrogens (tertiary/aromatic N) is 2. The molecule has 1 unspecified atom stereocenters. The summed E-state index contributed by atoms with van der Waals surface area (Å²) in [7, 11) is 1.62. The van der Waals surface area contributed by atoms with Crippen LogP contribution in [0.3, 0.4) is 0 Å². The van der Waals surface area contributed by atoms with Gasteiger partial charge in [-0.3, -0.25) is 9.36 Å². The first-order chi connectivity index (χ1) is 12.2.